The lowest BCUT2D eigenvalue weighted by molar-refractivity contribution is -0.185. The van der Waals surface area contributed by atoms with Crippen molar-refractivity contribution in [1.29, 1.82) is 0 Å². The van der Waals surface area contributed by atoms with Crippen molar-refractivity contribution in [2.24, 2.45) is 11.3 Å². The molecule has 0 amide bonds. The summed E-state index contributed by atoms with van der Waals surface area (Å²) in [6.45, 7) is 6.69. The Hall–Kier alpha value is -2.99. The summed E-state index contributed by atoms with van der Waals surface area (Å²) in [5.41, 5.74) is -2.25. The molecule has 0 saturated carbocycles. The van der Waals surface area contributed by atoms with Gasteiger partial charge in [0.25, 0.3) is 0 Å². The number of ether oxygens (including phenoxy) is 3. The number of Topliss-reactive ketones (excluding diaryl/α,β-unsaturated/α-hetero) is 1. The average Bonchev–Trinajstić information content (AvgIpc) is 3.03. The second-order valence-corrected chi connectivity index (χ2v) is 7.92. The van der Waals surface area contributed by atoms with E-state index in [2.05, 4.69) is 0 Å². The van der Waals surface area contributed by atoms with E-state index >= 15 is 0 Å². The molecule has 0 spiro atoms. The number of rotatable bonds is 7. The Balaban J connectivity index is 2.28. The van der Waals surface area contributed by atoms with E-state index in [1.54, 1.807) is 58.0 Å². The molecule has 2 atom stereocenters. The summed E-state index contributed by atoms with van der Waals surface area (Å²) in [6.07, 6.45) is -0.835. The number of esters is 2. The number of carbonyl (C=O) groups is 3. The minimum atomic E-state index is -1.97. The van der Waals surface area contributed by atoms with E-state index in [1.807, 2.05) is 30.3 Å². The van der Waals surface area contributed by atoms with Crippen molar-refractivity contribution in [2.75, 3.05) is 13.2 Å². The SMILES string of the molecule is CCOC(=O)C1(C(=O)OCC)[C@H](C(=O)c2ccccc2)[C@@H](c2ccccc2)OC1(C)C. The number of hydrogen-bond donors (Lipinski definition) is 0. The van der Waals surface area contributed by atoms with Crippen molar-refractivity contribution in [1.82, 2.24) is 0 Å². The van der Waals surface area contributed by atoms with Crippen LogP contribution in [-0.4, -0.2) is 36.5 Å². The predicted octanol–water partition coefficient (Wildman–Crippen LogP) is 4.15. The minimum Gasteiger partial charge on any atom is -0.465 e. The van der Waals surface area contributed by atoms with E-state index in [-0.39, 0.29) is 19.0 Å². The maximum absolute atomic E-state index is 13.9. The maximum atomic E-state index is 13.9. The molecule has 6 heteroatoms. The van der Waals surface area contributed by atoms with Crippen LogP contribution in [0.3, 0.4) is 0 Å². The normalized spacial score (nSPS) is 21.3. The number of hydrogen-bond acceptors (Lipinski definition) is 6. The van der Waals surface area contributed by atoms with Gasteiger partial charge < -0.3 is 14.2 Å². The Morgan fingerprint density at radius 2 is 1.32 bits per heavy atom. The summed E-state index contributed by atoms with van der Waals surface area (Å²) in [5, 5.41) is 0. The molecule has 0 radical (unpaired) electrons. The van der Waals surface area contributed by atoms with Crippen LogP contribution >= 0.6 is 0 Å². The van der Waals surface area contributed by atoms with Crippen molar-refractivity contribution in [3.8, 4) is 0 Å². The highest BCUT2D eigenvalue weighted by atomic mass is 16.6. The van der Waals surface area contributed by atoms with Crippen molar-refractivity contribution in [2.45, 2.75) is 39.4 Å². The van der Waals surface area contributed by atoms with E-state index in [4.69, 9.17) is 14.2 Å². The second-order valence-electron chi connectivity index (χ2n) is 7.92. The molecule has 0 aromatic heterocycles. The Bertz CT molecular complexity index is 917. The first-order chi connectivity index (χ1) is 14.8. The third kappa shape index (κ3) is 3.76. The first kappa shape index (κ1) is 22.7. The van der Waals surface area contributed by atoms with Gasteiger partial charge in [-0.05, 0) is 33.3 Å². The lowest BCUT2D eigenvalue weighted by Gasteiger charge is -2.37. The van der Waals surface area contributed by atoms with Crippen LogP contribution in [0.25, 0.3) is 0 Å². The largest absolute Gasteiger partial charge is 0.465 e. The molecule has 1 saturated heterocycles. The van der Waals surface area contributed by atoms with Gasteiger partial charge in [0.15, 0.2) is 5.78 Å². The summed E-state index contributed by atoms with van der Waals surface area (Å²) in [4.78, 5) is 40.8. The molecule has 1 aliphatic heterocycles. The fraction of sp³-hybridized carbons (Fsp3) is 0.400. The first-order valence-electron chi connectivity index (χ1n) is 10.5. The Morgan fingerprint density at radius 3 is 1.81 bits per heavy atom. The first-order valence-corrected chi connectivity index (χ1v) is 10.5. The second kappa shape index (κ2) is 9.02. The van der Waals surface area contributed by atoms with Crippen LogP contribution in [-0.2, 0) is 23.8 Å². The minimum absolute atomic E-state index is 0.0539. The number of carbonyl (C=O) groups excluding carboxylic acids is 3. The van der Waals surface area contributed by atoms with Crippen LogP contribution in [0.5, 0.6) is 0 Å². The van der Waals surface area contributed by atoms with E-state index in [0.717, 1.165) is 0 Å². The molecule has 0 N–H and O–H groups in total. The summed E-state index contributed by atoms with van der Waals surface area (Å²) >= 11 is 0. The predicted molar refractivity (Wildman–Crippen MR) is 114 cm³/mol. The lowest BCUT2D eigenvalue weighted by atomic mass is 9.63. The Kier molecular flexibility index (Phi) is 6.60. The lowest BCUT2D eigenvalue weighted by Crippen LogP contribution is -2.58. The highest BCUT2D eigenvalue weighted by molar-refractivity contribution is 6.11. The average molecular weight is 424 g/mol. The summed E-state index contributed by atoms with van der Waals surface area (Å²) in [7, 11) is 0. The van der Waals surface area contributed by atoms with Crippen molar-refractivity contribution >= 4 is 17.7 Å². The molecule has 2 aromatic carbocycles. The van der Waals surface area contributed by atoms with Gasteiger partial charge in [0.2, 0.25) is 5.41 Å². The highest BCUT2D eigenvalue weighted by Crippen LogP contribution is 2.58. The maximum Gasteiger partial charge on any atom is 0.327 e. The molecule has 31 heavy (non-hydrogen) atoms. The monoisotopic (exact) mass is 424 g/mol. The third-order valence-corrected chi connectivity index (χ3v) is 5.80. The van der Waals surface area contributed by atoms with Gasteiger partial charge in [-0.15, -0.1) is 0 Å². The van der Waals surface area contributed by atoms with Gasteiger partial charge in [0, 0.05) is 5.56 Å². The molecule has 3 rings (SSSR count). The molecule has 0 aliphatic carbocycles. The smallest absolute Gasteiger partial charge is 0.327 e. The molecule has 2 aromatic rings. The zero-order valence-electron chi connectivity index (χ0n) is 18.3. The van der Waals surface area contributed by atoms with Gasteiger partial charge in [0.05, 0.1) is 30.8 Å². The molecule has 1 fully saturated rings. The van der Waals surface area contributed by atoms with Gasteiger partial charge >= 0.3 is 11.9 Å². The van der Waals surface area contributed by atoms with E-state index in [1.165, 1.54) is 0 Å². The zero-order chi connectivity index (χ0) is 22.6. The van der Waals surface area contributed by atoms with E-state index in [0.29, 0.717) is 11.1 Å². The summed E-state index contributed by atoms with van der Waals surface area (Å²) < 4.78 is 17.0. The van der Waals surface area contributed by atoms with Gasteiger partial charge in [-0.3, -0.25) is 14.4 Å². The molecule has 1 aliphatic rings. The van der Waals surface area contributed by atoms with Gasteiger partial charge in [-0.25, -0.2) is 0 Å². The molecular weight excluding hydrogens is 396 g/mol. The van der Waals surface area contributed by atoms with Gasteiger partial charge in [-0.1, -0.05) is 60.7 Å². The molecule has 164 valence electrons. The molecule has 0 bridgehead atoms. The van der Waals surface area contributed by atoms with E-state index in [9.17, 15) is 14.4 Å². The number of benzene rings is 2. The Labute approximate surface area is 182 Å². The zero-order valence-corrected chi connectivity index (χ0v) is 18.3. The molecule has 0 unspecified atom stereocenters. The number of ketones is 1. The van der Waals surface area contributed by atoms with Crippen molar-refractivity contribution in [3.63, 3.8) is 0 Å². The topological polar surface area (TPSA) is 78.9 Å². The standard InChI is InChI=1S/C25H28O6/c1-5-29-22(27)25(23(28)30-6-2)19(20(26)17-13-9-7-10-14-17)21(31-24(25,3)4)18-15-11-8-12-16-18/h7-16,19,21H,5-6H2,1-4H3/t19-,21-/m1/s1. The van der Waals surface area contributed by atoms with Gasteiger partial charge in [-0.2, -0.15) is 0 Å². The quantitative estimate of drug-likeness (QED) is 0.377. The summed E-state index contributed by atoms with van der Waals surface area (Å²) in [6, 6.07) is 17.7. The van der Waals surface area contributed by atoms with Gasteiger partial charge in [0.1, 0.15) is 0 Å². The highest BCUT2D eigenvalue weighted by Gasteiger charge is 2.74. The van der Waals surface area contributed by atoms with E-state index < -0.39 is 35.0 Å². The van der Waals surface area contributed by atoms with Crippen LogP contribution < -0.4 is 0 Å². The fourth-order valence-electron chi connectivity index (χ4n) is 4.42. The fourth-order valence-corrected chi connectivity index (χ4v) is 4.42. The molecule has 6 nitrogen and oxygen atoms in total. The van der Waals surface area contributed by atoms with Crippen molar-refractivity contribution < 1.29 is 28.6 Å². The molecule has 1 heterocycles. The third-order valence-electron chi connectivity index (χ3n) is 5.80. The van der Waals surface area contributed by atoms with Crippen LogP contribution in [0.15, 0.2) is 60.7 Å². The summed E-state index contributed by atoms with van der Waals surface area (Å²) in [5.74, 6) is -3.16. The van der Waals surface area contributed by atoms with Crippen LogP contribution in [0, 0.1) is 11.3 Å². The molecular formula is C25H28O6. The van der Waals surface area contributed by atoms with Crippen LogP contribution in [0.1, 0.15) is 49.7 Å². The Morgan fingerprint density at radius 1 is 0.839 bits per heavy atom. The van der Waals surface area contributed by atoms with Crippen LogP contribution in [0.4, 0.5) is 0 Å². The van der Waals surface area contributed by atoms with Crippen molar-refractivity contribution in [3.05, 3.63) is 71.8 Å². The van der Waals surface area contributed by atoms with Crippen LogP contribution in [0.2, 0.25) is 0 Å².